The van der Waals surface area contributed by atoms with Gasteiger partial charge < -0.3 is 10.6 Å². The Kier molecular flexibility index (Phi) is 5.36. The summed E-state index contributed by atoms with van der Waals surface area (Å²) < 4.78 is 0.908. The van der Waals surface area contributed by atoms with Gasteiger partial charge in [-0.3, -0.25) is 9.69 Å². The molecule has 1 heterocycles. The lowest BCUT2D eigenvalue weighted by Crippen LogP contribution is -2.46. The van der Waals surface area contributed by atoms with Gasteiger partial charge in [-0.25, -0.2) is 0 Å². The van der Waals surface area contributed by atoms with Crippen LogP contribution in [0.3, 0.4) is 0 Å². The van der Waals surface area contributed by atoms with Crippen molar-refractivity contribution in [1.29, 1.82) is 0 Å². The lowest BCUT2D eigenvalue weighted by atomic mass is 10.1. The molecule has 0 aliphatic carbocycles. The number of hydrogen-bond donors (Lipinski definition) is 2. The van der Waals surface area contributed by atoms with Gasteiger partial charge in [0.05, 0.1) is 12.2 Å². The van der Waals surface area contributed by atoms with Gasteiger partial charge in [-0.1, -0.05) is 12.1 Å². The average Bonchev–Trinajstić information content (AvgIpc) is 2.42. The van der Waals surface area contributed by atoms with Crippen molar-refractivity contribution in [2.24, 2.45) is 0 Å². The van der Waals surface area contributed by atoms with Gasteiger partial charge in [-0.2, -0.15) is 0 Å². The third-order valence-electron chi connectivity index (χ3n) is 3.44. The zero-order valence-corrected chi connectivity index (χ0v) is 12.7. The fourth-order valence-corrected chi connectivity index (χ4v) is 2.70. The molecular weight excluding hydrogens is 306 g/mol. The molecule has 4 nitrogen and oxygen atoms in total. The number of para-hydroxylation sites is 1. The highest BCUT2D eigenvalue weighted by molar-refractivity contribution is 9.10. The Morgan fingerprint density at radius 1 is 1.53 bits per heavy atom. The molecule has 1 aromatic rings. The van der Waals surface area contributed by atoms with Gasteiger partial charge in [0.2, 0.25) is 5.91 Å². The second kappa shape index (κ2) is 7.03. The minimum Gasteiger partial charge on any atom is -0.324 e. The topological polar surface area (TPSA) is 44.4 Å². The van der Waals surface area contributed by atoms with Gasteiger partial charge in [-0.15, -0.1) is 0 Å². The highest BCUT2D eigenvalue weighted by atomic mass is 79.9. The smallest absolute Gasteiger partial charge is 0.238 e. The van der Waals surface area contributed by atoms with E-state index < -0.39 is 0 Å². The average molecular weight is 326 g/mol. The number of nitrogens with zero attached hydrogens (tertiary/aromatic N) is 1. The molecule has 0 bridgehead atoms. The number of hydrogen-bond acceptors (Lipinski definition) is 3. The van der Waals surface area contributed by atoms with Crippen LogP contribution in [-0.4, -0.2) is 43.5 Å². The van der Waals surface area contributed by atoms with Gasteiger partial charge >= 0.3 is 0 Å². The number of benzene rings is 1. The molecule has 1 aromatic carbocycles. The van der Waals surface area contributed by atoms with Crippen molar-refractivity contribution in [3.05, 3.63) is 28.7 Å². The van der Waals surface area contributed by atoms with Crippen LogP contribution in [-0.2, 0) is 4.79 Å². The van der Waals surface area contributed by atoms with E-state index in [1.54, 1.807) is 0 Å². The number of nitrogens with one attached hydrogen (secondary N) is 2. The molecule has 0 spiro atoms. The van der Waals surface area contributed by atoms with E-state index in [1.165, 1.54) is 6.42 Å². The molecule has 104 valence electrons. The zero-order chi connectivity index (χ0) is 13.7. The number of likely N-dealkylation sites (N-methyl/N-ethyl adjacent to an activating group) is 1. The number of amides is 1. The van der Waals surface area contributed by atoms with E-state index in [1.807, 2.05) is 31.3 Å². The normalized spacial score (nSPS) is 19.4. The Balaban J connectivity index is 1.85. The molecule has 2 N–H and O–H groups in total. The lowest BCUT2D eigenvalue weighted by Gasteiger charge is -2.31. The third-order valence-corrected chi connectivity index (χ3v) is 4.13. The molecule has 1 atom stereocenters. The first-order chi connectivity index (χ1) is 9.16. The maximum atomic E-state index is 12.0. The van der Waals surface area contributed by atoms with E-state index in [9.17, 15) is 4.79 Å². The summed E-state index contributed by atoms with van der Waals surface area (Å²) in [6.07, 6.45) is 2.34. The second-order valence-corrected chi connectivity index (χ2v) is 5.80. The Morgan fingerprint density at radius 3 is 3.00 bits per heavy atom. The van der Waals surface area contributed by atoms with Crippen LogP contribution >= 0.6 is 15.9 Å². The van der Waals surface area contributed by atoms with Crippen molar-refractivity contribution < 1.29 is 4.79 Å². The molecule has 1 aliphatic heterocycles. The minimum atomic E-state index is 0.0278. The molecule has 1 amide bonds. The van der Waals surface area contributed by atoms with Crippen molar-refractivity contribution in [3.8, 4) is 0 Å². The van der Waals surface area contributed by atoms with Crippen LogP contribution in [0.5, 0.6) is 0 Å². The second-order valence-electron chi connectivity index (χ2n) is 4.94. The SMILES string of the molecule is CN(CC(=O)Nc1ccccc1Br)C1CCCNC1. The van der Waals surface area contributed by atoms with Gasteiger partial charge in [0.15, 0.2) is 0 Å². The van der Waals surface area contributed by atoms with E-state index in [-0.39, 0.29) is 5.91 Å². The van der Waals surface area contributed by atoms with Gasteiger partial charge in [0.1, 0.15) is 0 Å². The summed E-state index contributed by atoms with van der Waals surface area (Å²) in [6, 6.07) is 8.11. The van der Waals surface area contributed by atoms with E-state index in [0.29, 0.717) is 12.6 Å². The van der Waals surface area contributed by atoms with E-state index in [0.717, 1.165) is 29.7 Å². The molecule has 5 heteroatoms. The zero-order valence-electron chi connectivity index (χ0n) is 11.2. The molecule has 0 radical (unpaired) electrons. The maximum absolute atomic E-state index is 12.0. The fraction of sp³-hybridized carbons (Fsp3) is 0.500. The van der Waals surface area contributed by atoms with Crippen LogP contribution in [0.15, 0.2) is 28.7 Å². The Morgan fingerprint density at radius 2 is 2.32 bits per heavy atom. The highest BCUT2D eigenvalue weighted by Crippen LogP contribution is 2.21. The summed E-state index contributed by atoms with van der Waals surface area (Å²) in [5.74, 6) is 0.0278. The molecule has 0 aromatic heterocycles. The van der Waals surface area contributed by atoms with Gasteiger partial charge in [0, 0.05) is 17.1 Å². The third kappa shape index (κ3) is 4.30. The first kappa shape index (κ1) is 14.5. The molecule has 19 heavy (non-hydrogen) atoms. The van der Waals surface area contributed by atoms with E-state index in [2.05, 4.69) is 31.5 Å². The van der Waals surface area contributed by atoms with Crippen molar-refractivity contribution in [2.45, 2.75) is 18.9 Å². The highest BCUT2D eigenvalue weighted by Gasteiger charge is 2.19. The van der Waals surface area contributed by atoms with Crippen molar-refractivity contribution in [2.75, 3.05) is 32.0 Å². The molecule has 1 aliphatic rings. The fourth-order valence-electron chi connectivity index (χ4n) is 2.32. The van der Waals surface area contributed by atoms with Crippen molar-refractivity contribution in [3.63, 3.8) is 0 Å². The largest absolute Gasteiger partial charge is 0.324 e. The van der Waals surface area contributed by atoms with Crippen LogP contribution in [0.2, 0.25) is 0 Å². The van der Waals surface area contributed by atoms with Crippen LogP contribution in [0, 0.1) is 0 Å². The summed E-state index contributed by atoms with van der Waals surface area (Å²) in [6.45, 7) is 2.49. The number of piperidine rings is 1. The Hall–Kier alpha value is -0.910. The Bertz CT molecular complexity index is 432. The number of carbonyl (C=O) groups excluding carboxylic acids is 1. The Labute approximate surface area is 122 Å². The summed E-state index contributed by atoms with van der Waals surface area (Å²) >= 11 is 3.43. The van der Waals surface area contributed by atoms with Crippen molar-refractivity contribution in [1.82, 2.24) is 10.2 Å². The predicted molar refractivity (Wildman–Crippen MR) is 81.3 cm³/mol. The number of carbonyl (C=O) groups is 1. The lowest BCUT2D eigenvalue weighted by molar-refractivity contribution is -0.117. The molecule has 1 saturated heterocycles. The van der Waals surface area contributed by atoms with Crippen LogP contribution in [0.25, 0.3) is 0 Å². The van der Waals surface area contributed by atoms with Gasteiger partial charge in [0.25, 0.3) is 0 Å². The molecular formula is C14H20BrN3O. The standard InChI is InChI=1S/C14H20BrN3O/c1-18(11-5-4-8-16-9-11)10-14(19)17-13-7-3-2-6-12(13)15/h2-3,6-7,11,16H,4-5,8-10H2,1H3,(H,17,19). The molecule has 1 fully saturated rings. The summed E-state index contributed by atoms with van der Waals surface area (Å²) in [5.41, 5.74) is 0.822. The first-order valence-corrected chi connectivity index (χ1v) is 7.41. The summed E-state index contributed by atoms with van der Waals surface area (Å²) in [4.78, 5) is 14.1. The van der Waals surface area contributed by atoms with E-state index in [4.69, 9.17) is 0 Å². The van der Waals surface area contributed by atoms with Crippen LogP contribution in [0.1, 0.15) is 12.8 Å². The molecule has 0 saturated carbocycles. The van der Waals surface area contributed by atoms with E-state index >= 15 is 0 Å². The maximum Gasteiger partial charge on any atom is 0.238 e. The summed E-state index contributed by atoms with van der Waals surface area (Å²) in [5, 5.41) is 6.30. The number of anilines is 1. The summed E-state index contributed by atoms with van der Waals surface area (Å²) in [7, 11) is 2.01. The van der Waals surface area contributed by atoms with Crippen LogP contribution in [0.4, 0.5) is 5.69 Å². The monoisotopic (exact) mass is 325 g/mol. The van der Waals surface area contributed by atoms with Crippen LogP contribution < -0.4 is 10.6 Å². The number of halogens is 1. The number of rotatable bonds is 4. The quantitative estimate of drug-likeness (QED) is 0.890. The van der Waals surface area contributed by atoms with Crippen molar-refractivity contribution >= 4 is 27.5 Å². The predicted octanol–water partition coefficient (Wildman–Crippen LogP) is 2.07. The molecule has 2 rings (SSSR count). The molecule has 1 unspecified atom stereocenters. The minimum absolute atomic E-state index is 0.0278. The van der Waals surface area contributed by atoms with Gasteiger partial charge in [-0.05, 0) is 54.5 Å². The first-order valence-electron chi connectivity index (χ1n) is 6.62.